The molecule has 0 bridgehead atoms. The number of halogens is 2. The van der Waals surface area contributed by atoms with Gasteiger partial charge in [0.1, 0.15) is 11.5 Å². The van der Waals surface area contributed by atoms with Crippen molar-refractivity contribution in [2.75, 3.05) is 0 Å². The Morgan fingerprint density at radius 1 is 1.19 bits per heavy atom. The molecule has 21 heavy (non-hydrogen) atoms. The van der Waals surface area contributed by atoms with E-state index in [4.69, 9.17) is 4.74 Å². The monoisotopic (exact) mass is 415 g/mol. The van der Waals surface area contributed by atoms with Crippen LogP contribution in [0.4, 0.5) is 5.69 Å². The molecule has 0 fully saturated rings. The van der Waals surface area contributed by atoms with Crippen LogP contribution < -0.4 is 4.74 Å². The van der Waals surface area contributed by atoms with Crippen molar-refractivity contribution in [3.8, 4) is 11.5 Å². The van der Waals surface area contributed by atoms with Crippen LogP contribution in [0.5, 0.6) is 11.5 Å². The zero-order chi connectivity index (χ0) is 15.6. The van der Waals surface area contributed by atoms with Gasteiger partial charge < -0.3 is 9.84 Å². The molecular formula is C14H11Br2NO4. The van der Waals surface area contributed by atoms with Gasteiger partial charge in [-0.3, -0.25) is 10.1 Å². The van der Waals surface area contributed by atoms with Crippen LogP contribution >= 0.6 is 31.9 Å². The smallest absolute Gasteiger partial charge is 0.274 e. The number of nitro groups is 1. The van der Waals surface area contributed by atoms with E-state index in [1.807, 2.05) is 0 Å². The van der Waals surface area contributed by atoms with Crippen LogP contribution in [0.15, 0.2) is 45.3 Å². The quantitative estimate of drug-likeness (QED) is 0.564. The number of ether oxygens (including phenoxy) is 1. The lowest BCUT2D eigenvalue weighted by Crippen LogP contribution is -1.97. The highest BCUT2D eigenvalue weighted by atomic mass is 79.9. The molecule has 0 aliphatic heterocycles. The maximum atomic E-state index is 10.9. The summed E-state index contributed by atoms with van der Waals surface area (Å²) in [5, 5.41) is 20.6. The molecule has 0 radical (unpaired) electrons. The van der Waals surface area contributed by atoms with Gasteiger partial charge in [-0.1, -0.05) is 31.9 Å². The number of nitrogens with zero attached hydrogens (tertiary/aromatic N) is 1. The molecule has 110 valence electrons. The number of rotatable bonds is 4. The van der Waals surface area contributed by atoms with Gasteiger partial charge >= 0.3 is 0 Å². The standard InChI is InChI=1S/C14H11Br2NO4/c1-8(18)13-6-9(15)2-3-14(13)21-12-5-10(16)4-11(7-12)17(19)20/h2-8,18H,1H3. The maximum Gasteiger partial charge on any atom is 0.274 e. The van der Waals surface area contributed by atoms with Gasteiger partial charge in [0.05, 0.1) is 17.1 Å². The van der Waals surface area contributed by atoms with Gasteiger partial charge in [-0.05, 0) is 31.2 Å². The Labute approximate surface area is 138 Å². The molecule has 1 unspecified atom stereocenters. The van der Waals surface area contributed by atoms with E-state index in [2.05, 4.69) is 31.9 Å². The van der Waals surface area contributed by atoms with E-state index in [1.165, 1.54) is 12.1 Å². The fourth-order valence-electron chi connectivity index (χ4n) is 1.78. The normalized spacial score (nSPS) is 12.0. The van der Waals surface area contributed by atoms with Crippen LogP contribution in [-0.2, 0) is 0 Å². The van der Waals surface area contributed by atoms with Crippen molar-refractivity contribution in [2.24, 2.45) is 0 Å². The van der Waals surface area contributed by atoms with Gasteiger partial charge in [-0.25, -0.2) is 0 Å². The van der Waals surface area contributed by atoms with Crippen molar-refractivity contribution in [1.82, 2.24) is 0 Å². The van der Waals surface area contributed by atoms with E-state index < -0.39 is 11.0 Å². The van der Waals surface area contributed by atoms with Crippen LogP contribution in [0.25, 0.3) is 0 Å². The summed E-state index contributed by atoms with van der Waals surface area (Å²) < 4.78 is 7.04. The molecular weight excluding hydrogens is 406 g/mol. The molecule has 0 aliphatic rings. The first-order valence-corrected chi connectivity index (χ1v) is 7.56. The lowest BCUT2D eigenvalue weighted by Gasteiger charge is -2.13. The number of non-ortho nitro benzene ring substituents is 1. The lowest BCUT2D eigenvalue weighted by atomic mass is 10.1. The van der Waals surface area contributed by atoms with Gasteiger partial charge in [0, 0.05) is 20.6 Å². The fourth-order valence-corrected chi connectivity index (χ4v) is 2.62. The highest BCUT2D eigenvalue weighted by molar-refractivity contribution is 9.10. The zero-order valence-electron chi connectivity index (χ0n) is 10.9. The summed E-state index contributed by atoms with van der Waals surface area (Å²) in [5.74, 6) is 0.765. The van der Waals surface area contributed by atoms with Gasteiger partial charge in [0.25, 0.3) is 5.69 Å². The summed E-state index contributed by atoms with van der Waals surface area (Å²) in [5.41, 5.74) is 0.516. The van der Waals surface area contributed by atoms with Crippen molar-refractivity contribution in [3.05, 3.63) is 61.0 Å². The van der Waals surface area contributed by atoms with Gasteiger partial charge in [-0.15, -0.1) is 0 Å². The highest BCUT2D eigenvalue weighted by Crippen LogP contribution is 2.34. The minimum atomic E-state index is -0.723. The van der Waals surface area contributed by atoms with Crippen molar-refractivity contribution >= 4 is 37.5 Å². The van der Waals surface area contributed by atoms with E-state index in [1.54, 1.807) is 31.2 Å². The van der Waals surface area contributed by atoms with Gasteiger partial charge in [0.15, 0.2) is 0 Å². The van der Waals surface area contributed by atoms with Gasteiger partial charge in [0.2, 0.25) is 0 Å². The third-order valence-electron chi connectivity index (χ3n) is 2.72. The number of hydrogen-bond acceptors (Lipinski definition) is 4. The molecule has 0 heterocycles. The van der Waals surface area contributed by atoms with E-state index in [0.29, 0.717) is 21.5 Å². The van der Waals surface area contributed by atoms with Crippen LogP contribution in [0.1, 0.15) is 18.6 Å². The second-order valence-electron chi connectivity index (χ2n) is 4.36. The topological polar surface area (TPSA) is 72.6 Å². The summed E-state index contributed by atoms with van der Waals surface area (Å²) in [7, 11) is 0. The molecule has 0 amide bonds. The van der Waals surface area contributed by atoms with E-state index in [9.17, 15) is 15.2 Å². The number of hydrogen-bond donors (Lipinski definition) is 1. The predicted molar refractivity (Wildman–Crippen MR) is 85.6 cm³/mol. The first-order valence-electron chi connectivity index (χ1n) is 5.97. The summed E-state index contributed by atoms with van der Waals surface area (Å²) in [6.07, 6.45) is -0.723. The summed E-state index contributed by atoms with van der Waals surface area (Å²) in [4.78, 5) is 10.4. The van der Waals surface area contributed by atoms with E-state index in [-0.39, 0.29) is 5.69 Å². The van der Waals surface area contributed by atoms with E-state index in [0.717, 1.165) is 4.47 Å². The Bertz CT molecular complexity index is 689. The Morgan fingerprint density at radius 3 is 2.52 bits per heavy atom. The maximum absolute atomic E-state index is 10.9. The molecule has 0 saturated heterocycles. The minimum Gasteiger partial charge on any atom is -0.457 e. The average molecular weight is 417 g/mol. The molecule has 0 aliphatic carbocycles. The second kappa shape index (κ2) is 6.55. The number of aliphatic hydroxyl groups excluding tert-OH is 1. The summed E-state index contributed by atoms with van der Waals surface area (Å²) in [6.45, 7) is 1.62. The molecule has 5 nitrogen and oxygen atoms in total. The number of aliphatic hydroxyl groups is 1. The van der Waals surface area contributed by atoms with Crippen molar-refractivity contribution < 1.29 is 14.8 Å². The molecule has 2 aromatic rings. The Hall–Kier alpha value is -1.44. The molecule has 0 saturated carbocycles. The van der Waals surface area contributed by atoms with Crippen LogP contribution in [0.2, 0.25) is 0 Å². The summed E-state index contributed by atoms with van der Waals surface area (Å²) in [6, 6.07) is 9.56. The van der Waals surface area contributed by atoms with Crippen LogP contribution in [0.3, 0.4) is 0 Å². The van der Waals surface area contributed by atoms with Crippen molar-refractivity contribution in [2.45, 2.75) is 13.0 Å². The first kappa shape index (κ1) is 15.9. The highest BCUT2D eigenvalue weighted by Gasteiger charge is 2.14. The Kier molecular flexibility index (Phi) is 4.97. The SMILES string of the molecule is CC(O)c1cc(Br)ccc1Oc1cc(Br)cc([N+](=O)[O-])c1. The minimum absolute atomic E-state index is 0.0740. The second-order valence-corrected chi connectivity index (χ2v) is 6.19. The van der Waals surface area contributed by atoms with Crippen LogP contribution in [0, 0.1) is 10.1 Å². The average Bonchev–Trinajstić information content (AvgIpc) is 2.40. The predicted octanol–water partition coefficient (Wildman–Crippen LogP) is 4.97. The zero-order valence-corrected chi connectivity index (χ0v) is 14.1. The van der Waals surface area contributed by atoms with Crippen LogP contribution in [-0.4, -0.2) is 10.0 Å². The molecule has 0 spiro atoms. The van der Waals surface area contributed by atoms with E-state index >= 15 is 0 Å². The van der Waals surface area contributed by atoms with Gasteiger partial charge in [-0.2, -0.15) is 0 Å². The lowest BCUT2D eigenvalue weighted by molar-refractivity contribution is -0.385. The Morgan fingerprint density at radius 2 is 1.90 bits per heavy atom. The fraction of sp³-hybridized carbons (Fsp3) is 0.143. The molecule has 2 rings (SSSR count). The Balaban J connectivity index is 2.40. The molecule has 0 aromatic heterocycles. The molecule has 1 N–H and O–H groups in total. The van der Waals surface area contributed by atoms with Crippen molar-refractivity contribution in [3.63, 3.8) is 0 Å². The number of benzene rings is 2. The van der Waals surface area contributed by atoms with Crippen molar-refractivity contribution in [1.29, 1.82) is 0 Å². The first-order chi connectivity index (χ1) is 9.86. The third-order valence-corrected chi connectivity index (χ3v) is 3.67. The molecule has 7 heteroatoms. The summed E-state index contributed by atoms with van der Waals surface area (Å²) >= 11 is 6.54. The molecule has 2 aromatic carbocycles. The third kappa shape index (κ3) is 4.03. The largest absolute Gasteiger partial charge is 0.457 e. The molecule has 1 atom stereocenters. The number of nitro benzene ring substituents is 1.